The van der Waals surface area contributed by atoms with Crippen LogP contribution in [0.15, 0.2) is 23.8 Å². The quantitative estimate of drug-likeness (QED) is 0.0155. The van der Waals surface area contributed by atoms with E-state index >= 15 is 0 Å². The minimum atomic E-state index is -0.792. The summed E-state index contributed by atoms with van der Waals surface area (Å²) in [5, 5.41) is 34.3. The van der Waals surface area contributed by atoms with Gasteiger partial charge in [-0.1, -0.05) is 316 Å². The number of hydrogen-bond acceptors (Lipinski definition) is 4. The normalized spacial score (nSPS) is 10.7. The molecule has 0 aliphatic rings. The summed E-state index contributed by atoms with van der Waals surface area (Å²) in [4.78, 5) is 41.7. The van der Waals surface area contributed by atoms with Crippen molar-refractivity contribution < 1.29 is 129 Å². The summed E-state index contributed by atoms with van der Waals surface area (Å²) in [5.74, 6) is -3.18. The molecule has 0 heterocycles. The monoisotopic (exact) mass is 1490 g/mol. The molecule has 0 saturated carbocycles. The van der Waals surface area contributed by atoms with Gasteiger partial charge < -0.3 is 35.3 Å². The summed E-state index contributed by atoms with van der Waals surface area (Å²) in [7, 11) is 0. The average Bonchev–Trinajstić information content (AvgIpc) is 3.36. The first-order valence-corrected chi connectivity index (χ1v) is 31.6. The van der Waals surface area contributed by atoms with E-state index in [1.807, 2.05) is 12.2 Å². The van der Waals surface area contributed by atoms with Crippen molar-refractivity contribution in [3.63, 3.8) is 0 Å². The molecular formula is C67H132Ag4O8. The van der Waals surface area contributed by atoms with Crippen LogP contribution in [0.3, 0.4) is 0 Å². The number of carbonyl (C=O) groups is 4. The van der Waals surface area contributed by atoms with Crippen molar-refractivity contribution in [1.29, 1.82) is 0 Å². The number of hydrogen-bond donors (Lipinski definition) is 4. The molecule has 0 aliphatic heterocycles. The summed E-state index contributed by atoms with van der Waals surface area (Å²) < 4.78 is 0. The fourth-order valence-electron chi connectivity index (χ4n) is 8.76. The molecule has 1 unspecified atom stereocenters. The summed E-state index contributed by atoms with van der Waals surface area (Å²) >= 11 is 0. The van der Waals surface area contributed by atoms with Crippen molar-refractivity contribution in [1.82, 2.24) is 0 Å². The van der Waals surface area contributed by atoms with E-state index in [0.29, 0.717) is 18.4 Å². The molecule has 0 spiro atoms. The Hall–Kier alpha value is 0.321. The van der Waals surface area contributed by atoms with E-state index in [-0.39, 0.29) is 110 Å². The number of unbranched alkanes of at least 4 members (excludes halogenated alkanes) is 44. The van der Waals surface area contributed by atoms with Crippen molar-refractivity contribution in [2.45, 2.75) is 363 Å². The van der Waals surface area contributed by atoms with Crippen LogP contribution in [0.2, 0.25) is 0 Å². The largest absolute Gasteiger partial charge is 1.00 e. The molecule has 0 aromatic carbocycles. The van der Waals surface area contributed by atoms with Gasteiger partial charge in [0.1, 0.15) is 0 Å². The van der Waals surface area contributed by atoms with Crippen LogP contribution in [0.4, 0.5) is 0 Å². The Morgan fingerprint density at radius 2 is 0.544 bits per heavy atom. The summed E-state index contributed by atoms with van der Waals surface area (Å²) in [6.45, 7) is 12.4. The molecule has 492 valence electrons. The minimum absolute atomic E-state index is 0. The zero-order valence-corrected chi connectivity index (χ0v) is 58.7. The number of rotatable bonds is 53. The van der Waals surface area contributed by atoms with Gasteiger partial charge in [-0.05, 0) is 52.4 Å². The van der Waals surface area contributed by atoms with E-state index in [9.17, 15) is 19.2 Å². The predicted octanol–water partition coefficient (Wildman–Crippen LogP) is 22.9. The van der Waals surface area contributed by atoms with Gasteiger partial charge in [-0.2, -0.15) is 0 Å². The van der Waals surface area contributed by atoms with Crippen molar-refractivity contribution in [2.75, 3.05) is 0 Å². The van der Waals surface area contributed by atoms with E-state index in [0.717, 1.165) is 44.9 Å². The van der Waals surface area contributed by atoms with Gasteiger partial charge in [-0.25, -0.2) is 4.79 Å². The topological polar surface area (TPSA) is 149 Å². The standard InChI is InChI=1S/2C18H36O2.C15H28O2.C14H26O2.2CH3.4Ag/c2*1-2-3-4-5-6-7-8-9-10-11-12-13-14-15-16-17-18(19)20;1-3-4-5-6-7-8-9-10-11-12-13-14(2)15(16)17;1-3-4-5-6-7-8-9-10-11-12-13(2)14(15)16;;;;;;/h2*2-17H2,1H3,(H,19,20);12-14H,3-11H2,1-2H3,(H,16,17);12H,3-11H2,1-2H3,(H,15,16);2*1H3;;;;/q;;;;2*-1;;;2*+1/b;;2*13-12+;;;;;;. The Balaban J connectivity index is -0.0000000983. The molecule has 1 atom stereocenters. The first-order valence-electron chi connectivity index (χ1n) is 31.6. The zero-order chi connectivity index (χ0) is 54.9. The van der Waals surface area contributed by atoms with E-state index in [1.54, 1.807) is 19.9 Å². The summed E-state index contributed by atoms with van der Waals surface area (Å²) in [6.07, 6.45) is 68.9. The van der Waals surface area contributed by atoms with Gasteiger partial charge in [0.15, 0.2) is 0 Å². The van der Waals surface area contributed by atoms with Gasteiger partial charge in [0.2, 0.25) is 0 Å². The van der Waals surface area contributed by atoms with Gasteiger partial charge >= 0.3 is 68.6 Å². The molecular weight excluding hydrogens is 1360 g/mol. The van der Waals surface area contributed by atoms with Gasteiger partial charge in [0.25, 0.3) is 0 Å². The van der Waals surface area contributed by atoms with Crippen molar-refractivity contribution in [2.24, 2.45) is 5.92 Å². The van der Waals surface area contributed by atoms with Crippen molar-refractivity contribution in [3.05, 3.63) is 38.7 Å². The number of allylic oxidation sites excluding steroid dienone is 2. The molecule has 0 bridgehead atoms. The van der Waals surface area contributed by atoms with Crippen LogP contribution < -0.4 is 0 Å². The van der Waals surface area contributed by atoms with Crippen LogP contribution in [0.5, 0.6) is 0 Å². The molecule has 2 radical (unpaired) electrons. The Kier molecular flexibility index (Phi) is 118. The molecule has 12 heteroatoms. The van der Waals surface area contributed by atoms with Crippen LogP contribution in [-0.2, 0) is 109 Å². The third-order valence-electron chi connectivity index (χ3n) is 13.9. The fraction of sp³-hybridized carbons (Fsp3) is 0.851. The van der Waals surface area contributed by atoms with E-state index < -0.39 is 23.9 Å². The van der Waals surface area contributed by atoms with E-state index in [1.165, 1.54) is 263 Å². The third-order valence-corrected chi connectivity index (χ3v) is 13.9. The van der Waals surface area contributed by atoms with E-state index in [4.69, 9.17) is 20.4 Å². The van der Waals surface area contributed by atoms with Gasteiger partial charge in [0, 0.05) is 63.2 Å². The first kappa shape index (κ1) is 101. The van der Waals surface area contributed by atoms with Crippen LogP contribution in [0, 0.1) is 20.8 Å². The van der Waals surface area contributed by atoms with Gasteiger partial charge in [-0.3, -0.25) is 14.4 Å². The predicted molar refractivity (Wildman–Crippen MR) is 329 cm³/mol. The van der Waals surface area contributed by atoms with Crippen LogP contribution in [0.1, 0.15) is 363 Å². The second-order valence-electron chi connectivity index (χ2n) is 21.5. The molecule has 0 aromatic rings. The first-order chi connectivity index (χ1) is 35.4. The molecule has 0 aromatic heterocycles. The summed E-state index contributed by atoms with van der Waals surface area (Å²) in [6, 6.07) is 0. The molecule has 79 heavy (non-hydrogen) atoms. The van der Waals surface area contributed by atoms with Crippen molar-refractivity contribution >= 4 is 23.9 Å². The van der Waals surface area contributed by atoms with Crippen LogP contribution >= 0.6 is 0 Å². The molecule has 0 saturated heterocycles. The van der Waals surface area contributed by atoms with Gasteiger partial charge in [0.05, 0.1) is 5.92 Å². The number of aliphatic carboxylic acids is 4. The SMILES string of the molecule is CCCCCCCCCC/C=C(\C)C(=O)O.CCCCCCCCCC/C=C/C(C)C(=O)O.CCCCCCCCCCCCCCCCCC(=O)O.CCCCCCCCCCCCCCCCCC(=O)O.[Ag+].[Ag+].[Ag].[Ag].[CH3-].[CH3-]. The Morgan fingerprint density at radius 3 is 0.747 bits per heavy atom. The Labute approximate surface area is 555 Å². The minimum Gasteiger partial charge on any atom is -0.481 e. The maximum absolute atomic E-state index is 10.5. The fourth-order valence-corrected chi connectivity index (χ4v) is 8.76. The number of carboxylic acids is 4. The zero-order valence-electron chi connectivity index (χ0n) is 52.8. The van der Waals surface area contributed by atoms with Crippen molar-refractivity contribution in [3.8, 4) is 0 Å². The average molecular weight is 1500 g/mol. The molecule has 8 nitrogen and oxygen atoms in total. The molecule has 0 aliphatic carbocycles. The Morgan fingerprint density at radius 1 is 0.342 bits per heavy atom. The number of carboxylic acid groups (broad SMARTS) is 4. The summed E-state index contributed by atoms with van der Waals surface area (Å²) in [5.41, 5.74) is 0.475. The second-order valence-corrected chi connectivity index (χ2v) is 21.5. The third kappa shape index (κ3) is 107. The maximum Gasteiger partial charge on any atom is 1.00 e. The maximum atomic E-state index is 10.5. The Bertz CT molecular complexity index is 1160. The molecule has 0 amide bonds. The second kappa shape index (κ2) is 92.1. The van der Waals surface area contributed by atoms with Gasteiger partial charge in [-0.15, -0.1) is 0 Å². The van der Waals surface area contributed by atoms with E-state index in [2.05, 4.69) is 27.7 Å². The molecule has 4 N–H and O–H groups in total. The smallest absolute Gasteiger partial charge is 0.481 e. The van der Waals surface area contributed by atoms with Crippen LogP contribution in [-0.4, -0.2) is 44.3 Å². The molecule has 0 fully saturated rings. The van der Waals surface area contributed by atoms with Crippen LogP contribution in [0.25, 0.3) is 0 Å². The molecule has 0 rings (SSSR count).